The number of aliphatic hydroxyl groups is 1. The van der Waals surface area contributed by atoms with Gasteiger partial charge >= 0.3 is 0 Å². The largest absolute Gasteiger partial charge is 0.395 e. The zero-order valence-electron chi connectivity index (χ0n) is 11.6. The monoisotopic (exact) mass is 286 g/mol. The van der Waals surface area contributed by atoms with E-state index >= 15 is 0 Å². The van der Waals surface area contributed by atoms with Crippen molar-refractivity contribution in [1.82, 2.24) is 9.88 Å². The summed E-state index contributed by atoms with van der Waals surface area (Å²) in [6.07, 6.45) is 1.97. The van der Waals surface area contributed by atoms with Crippen LogP contribution in [0.5, 0.6) is 0 Å². The molecule has 1 fully saturated rings. The Hall–Kier alpha value is -2.18. The van der Waals surface area contributed by atoms with E-state index < -0.39 is 0 Å². The van der Waals surface area contributed by atoms with Crippen molar-refractivity contribution in [3.05, 3.63) is 36.0 Å². The van der Waals surface area contributed by atoms with Crippen molar-refractivity contribution in [3.63, 3.8) is 0 Å². The first-order valence-corrected chi connectivity index (χ1v) is 7.03. The molecule has 6 nitrogen and oxygen atoms in total. The average Bonchev–Trinajstić information content (AvgIpc) is 3.35. The fraction of sp³-hybridized carbons (Fsp3) is 0.333. The van der Waals surface area contributed by atoms with E-state index in [9.17, 15) is 4.79 Å². The van der Waals surface area contributed by atoms with E-state index in [2.05, 4.69) is 10.4 Å². The van der Waals surface area contributed by atoms with Crippen molar-refractivity contribution in [1.29, 1.82) is 0 Å². The first-order chi connectivity index (χ1) is 10.2. The lowest BCUT2D eigenvalue weighted by molar-refractivity contribution is 0.0702. The highest BCUT2D eigenvalue weighted by Crippen LogP contribution is 2.29. The maximum atomic E-state index is 12.6. The van der Waals surface area contributed by atoms with Crippen LogP contribution in [0, 0.1) is 0 Å². The first kappa shape index (κ1) is 13.8. The molecule has 0 atom stereocenters. The molecular formula is C15H18N4O2. The van der Waals surface area contributed by atoms with E-state index in [-0.39, 0.29) is 18.6 Å². The molecule has 0 unspecified atom stereocenters. The second-order valence-corrected chi connectivity index (χ2v) is 5.17. The van der Waals surface area contributed by atoms with Crippen LogP contribution in [0.25, 0.3) is 10.9 Å². The number of aromatic nitrogens is 1. The lowest BCUT2D eigenvalue weighted by atomic mass is 10.1. The number of hydrogen-bond donors (Lipinski definition) is 3. The number of hydrazine groups is 1. The fourth-order valence-corrected chi connectivity index (χ4v) is 2.50. The third-order valence-electron chi connectivity index (χ3n) is 3.68. The summed E-state index contributed by atoms with van der Waals surface area (Å²) in [5, 5.41) is 10.0. The number of nitrogens with one attached hydrogen (secondary N) is 1. The summed E-state index contributed by atoms with van der Waals surface area (Å²) in [7, 11) is 0. The molecule has 1 saturated carbocycles. The number of carbonyl (C=O) groups excluding carboxylic acids is 1. The molecular weight excluding hydrogens is 268 g/mol. The highest BCUT2D eigenvalue weighted by molar-refractivity contribution is 5.99. The van der Waals surface area contributed by atoms with Gasteiger partial charge < -0.3 is 15.4 Å². The minimum absolute atomic E-state index is 0.0438. The third-order valence-corrected chi connectivity index (χ3v) is 3.68. The van der Waals surface area contributed by atoms with E-state index in [1.165, 1.54) is 0 Å². The molecule has 0 aliphatic heterocycles. The SMILES string of the molecule is NNc1cc(C(=O)N(CCO)C2CC2)nc2ccccc12. The molecule has 1 aliphatic carbocycles. The van der Waals surface area contributed by atoms with Gasteiger partial charge in [-0.05, 0) is 25.0 Å². The summed E-state index contributed by atoms with van der Waals surface area (Å²) in [6, 6.07) is 9.41. The average molecular weight is 286 g/mol. The molecule has 2 aromatic rings. The molecule has 3 rings (SSSR count). The van der Waals surface area contributed by atoms with Crippen LogP contribution < -0.4 is 11.3 Å². The van der Waals surface area contributed by atoms with Crippen molar-refractivity contribution in [2.24, 2.45) is 5.84 Å². The second kappa shape index (κ2) is 5.67. The van der Waals surface area contributed by atoms with E-state index in [1.54, 1.807) is 11.0 Å². The maximum absolute atomic E-state index is 12.6. The van der Waals surface area contributed by atoms with E-state index in [0.29, 0.717) is 17.9 Å². The first-order valence-electron chi connectivity index (χ1n) is 7.03. The Bertz CT molecular complexity index is 670. The molecule has 21 heavy (non-hydrogen) atoms. The van der Waals surface area contributed by atoms with Crippen molar-refractivity contribution in [2.45, 2.75) is 18.9 Å². The molecule has 0 spiro atoms. The lowest BCUT2D eigenvalue weighted by Crippen LogP contribution is -2.36. The van der Waals surface area contributed by atoms with Crippen LogP contribution in [0.3, 0.4) is 0 Å². The summed E-state index contributed by atoms with van der Waals surface area (Å²) in [6.45, 7) is 0.293. The topological polar surface area (TPSA) is 91.5 Å². The predicted molar refractivity (Wildman–Crippen MR) is 80.7 cm³/mol. The minimum Gasteiger partial charge on any atom is -0.395 e. The predicted octanol–water partition coefficient (Wildman–Crippen LogP) is 1.12. The molecule has 1 heterocycles. The molecule has 1 aromatic heterocycles. The summed E-state index contributed by atoms with van der Waals surface area (Å²) in [4.78, 5) is 18.7. The summed E-state index contributed by atoms with van der Waals surface area (Å²) < 4.78 is 0. The molecule has 0 saturated heterocycles. The summed E-state index contributed by atoms with van der Waals surface area (Å²) >= 11 is 0. The number of carbonyl (C=O) groups is 1. The van der Waals surface area contributed by atoms with Gasteiger partial charge in [-0.25, -0.2) is 4.98 Å². The van der Waals surface area contributed by atoms with Gasteiger partial charge in [-0.15, -0.1) is 0 Å². The van der Waals surface area contributed by atoms with Crippen LogP contribution in [-0.2, 0) is 0 Å². The number of nitrogens with two attached hydrogens (primary N) is 1. The number of benzene rings is 1. The van der Waals surface area contributed by atoms with Gasteiger partial charge in [0.25, 0.3) is 5.91 Å². The number of rotatable bonds is 5. The molecule has 0 radical (unpaired) electrons. The number of amides is 1. The third kappa shape index (κ3) is 2.68. The molecule has 1 aliphatic rings. The van der Waals surface area contributed by atoms with E-state index in [0.717, 1.165) is 23.7 Å². The van der Waals surface area contributed by atoms with Gasteiger partial charge in [0, 0.05) is 18.0 Å². The number of para-hydroxylation sites is 1. The van der Waals surface area contributed by atoms with E-state index in [4.69, 9.17) is 10.9 Å². The van der Waals surface area contributed by atoms with Gasteiger partial charge in [0.2, 0.25) is 0 Å². The molecule has 4 N–H and O–H groups in total. The van der Waals surface area contributed by atoms with Gasteiger partial charge in [-0.1, -0.05) is 18.2 Å². The Morgan fingerprint density at radius 1 is 1.43 bits per heavy atom. The summed E-state index contributed by atoms with van der Waals surface area (Å²) in [5.41, 5.74) is 4.36. The Balaban J connectivity index is 2.01. The fourth-order valence-electron chi connectivity index (χ4n) is 2.50. The molecule has 6 heteroatoms. The van der Waals surface area contributed by atoms with Crippen molar-refractivity contribution < 1.29 is 9.90 Å². The van der Waals surface area contributed by atoms with Crippen LogP contribution in [0.4, 0.5) is 5.69 Å². The maximum Gasteiger partial charge on any atom is 0.272 e. The number of hydrogen-bond acceptors (Lipinski definition) is 5. The Kier molecular flexibility index (Phi) is 3.72. The van der Waals surface area contributed by atoms with Crippen LogP contribution >= 0.6 is 0 Å². The quantitative estimate of drug-likeness (QED) is 0.566. The van der Waals surface area contributed by atoms with Gasteiger partial charge in [0.15, 0.2) is 0 Å². The smallest absolute Gasteiger partial charge is 0.272 e. The Labute approximate surface area is 122 Å². The summed E-state index contributed by atoms with van der Waals surface area (Å²) in [5.74, 6) is 5.39. The van der Waals surface area contributed by atoms with Crippen LogP contribution in [-0.4, -0.2) is 40.1 Å². The van der Waals surface area contributed by atoms with Gasteiger partial charge in [0.1, 0.15) is 5.69 Å². The number of pyridine rings is 1. The molecule has 110 valence electrons. The normalized spacial score (nSPS) is 14.2. The van der Waals surface area contributed by atoms with Crippen LogP contribution in [0.1, 0.15) is 23.3 Å². The van der Waals surface area contributed by atoms with Crippen LogP contribution in [0.2, 0.25) is 0 Å². The second-order valence-electron chi connectivity index (χ2n) is 5.17. The zero-order chi connectivity index (χ0) is 14.8. The number of anilines is 1. The van der Waals surface area contributed by atoms with Gasteiger partial charge in [-0.3, -0.25) is 10.6 Å². The van der Waals surface area contributed by atoms with Crippen molar-refractivity contribution in [3.8, 4) is 0 Å². The number of nitrogens with zero attached hydrogens (tertiary/aromatic N) is 2. The van der Waals surface area contributed by atoms with Gasteiger partial charge in [-0.2, -0.15) is 0 Å². The van der Waals surface area contributed by atoms with Crippen molar-refractivity contribution >= 4 is 22.5 Å². The lowest BCUT2D eigenvalue weighted by Gasteiger charge is -2.21. The number of nitrogen functional groups attached to an aromatic ring is 1. The Morgan fingerprint density at radius 3 is 2.86 bits per heavy atom. The molecule has 0 bridgehead atoms. The van der Waals surface area contributed by atoms with Crippen molar-refractivity contribution in [2.75, 3.05) is 18.6 Å². The standard InChI is InChI=1S/C15H18N4O2/c16-18-13-9-14(17-12-4-2-1-3-11(12)13)15(21)19(7-8-20)10-5-6-10/h1-4,9-10,20H,5-8,16H2,(H,17,18). The highest BCUT2D eigenvalue weighted by atomic mass is 16.3. The Morgan fingerprint density at radius 2 is 2.19 bits per heavy atom. The minimum atomic E-state index is -0.159. The van der Waals surface area contributed by atoms with Crippen LogP contribution in [0.15, 0.2) is 30.3 Å². The molecule has 1 aromatic carbocycles. The van der Waals surface area contributed by atoms with Gasteiger partial charge in [0.05, 0.1) is 17.8 Å². The zero-order valence-corrected chi connectivity index (χ0v) is 11.6. The van der Waals surface area contributed by atoms with E-state index in [1.807, 2.05) is 24.3 Å². The number of aliphatic hydroxyl groups excluding tert-OH is 1. The molecule has 1 amide bonds. The highest BCUT2D eigenvalue weighted by Gasteiger charge is 2.33. The number of fused-ring (bicyclic) bond motifs is 1.